The van der Waals surface area contributed by atoms with Crippen LogP contribution in [0.1, 0.15) is 12.8 Å². The van der Waals surface area contributed by atoms with E-state index in [-0.39, 0.29) is 5.75 Å². The molecule has 0 bridgehead atoms. The Balaban J connectivity index is 1.56. The van der Waals surface area contributed by atoms with Crippen LogP contribution in [0.2, 0.25) is 0 Å². The van der Waals surface area contributed by atoms with E-state index in [1.165, 1.54) is 7.11 Å². The Morgan fingerprint density at radius 2 is 2.20 bits per heavy atom. The predicted molar refractivity (Wildman–Crippen MR) is 90.9 cm³/mol. The molecule has 0 spiro atoms. The van der Waals surface area contributed by atoms with Gasteiger partial charge in [0.15, 0.2) is 11.5 Å². The van der Waals surface area contributed by atoms with Crippen LogP contribution in [-0.2, 0) is 4.74 Å². The lowest BCUT2D eigenvalue weighted by atomic mass is 10.0. The monoisotopic (exact) mass is 344 g/mol. The Morgan fingerprint density at radius 3 is 3.00 bits per heavy atom. The molecule has 0 saturated carbocycles. The summed E-state index contributed by atoms with van der Waals surface area (Å²) in [6, 6.07) is 5.55. The Kier molecular flexibility index (Phi) is 4.19. The molecule has 0 atom stereocenters. The Bertz CT molecular complexity index is 867. The van der Waals surface area contributed by atoms with Gasteiger partial charge in [0, 0.05) is 25.3 Å². The molecule has 1 saturated heterocycles. The van der Waals surface area contributed by atoms with Crippen molar-refractivity contribution in [3.63, 3.8) is 0 Å². The van der Waals surface area contributed by atoms with Crippen LogP contribution in [0.15, 0.2) is 28.8 Å². The maximum Gasteiger partial charge on any atom is 0.326 e. The zero-order valence-corrected chi connectivity index (χ0v) is 13.9. The van der Waals surface area contributed by atoms with Crippen LogP contribution in [-0.4, -0.2) is 46.6 Å². The van der Waals surface area contributed by atoms with Gasteiger partial charge >= 0.3 is 11.9 Å². The molecule has 1 aromatic carbocycles. The largest absolute Gasteiger partial charge is 0.504 e. The summed E-state index contributed by atoms with van der Waals surface area (Å²) in [7, 11) is 1.51. The average molecular weight is 344 g/mol. The molecule has 1 fully saturated rings. The number of aromatic nitrogens is 3. The van der Waals surface area contributed by atoms with Crippen molar-refractivity contribution in [1.82, 2.24) is 14.6 Å². The highest BCUT2D eigenvalue weighted by Gasteiger charge is 2.17. The van der Waals surface area contributed by atoms with Gasteiger partial charge in [-0.25, -0.2) is 4.98 Å². The molecule has 8 heteroatoms. The maximum atomic E-state index is 9.74. The summed E-state index contributed by atoms with van der Waals surface area (Å²) in [6.45, 7) is 2.43. The smallest absolute Gasteiger partial charge is 0.326 e. The molecule has 3 aromatic rings. The van der Waals surface area contributed by atoms with Gasteiger partial charge in [-0.2, -0.15) is 4.52 Å². The molecule has 132 valence electrons. The van der Waals surface area contributed by atoms with Gasteiger partial charge in [0.25, 0.3) is 0 Å². The summed E-state index contributed by atoms with van der Waals surface area (Å²) < 4.78 is 17.8. The minimum atomic E-state index is 0.0889. The van der Waals surface area contributed by atoms with Crippen LogP contribution < -0.4 is 10.1 Å². The molecule has 0 radical (unpaired) electrons. The first-order valence-electron chi connectivity index (χ1n) is 8.28. The van der Waals surface area contributed by atoms with Crippen molar-refractivity contribution in [1.29, 1.82) is 0 Å². The first-order chi connectivity index (χ1) is 12.2. The molecule has 4 rings (SSSR count). The lowest BCUT2D eigenvalue weighted by molar-refractivity contribution is 0.0698. The van der Waals surface area contributed by atoms with Gasteiger partial charge in [-0.15, -0.1) is 5.10 Å². The highest BCUT2D eigenvalue weighted by molar-refractivity contribution is 5.65. The minimum Gasteiger partial charge on any atom is -0.504 e. The zero-order chi connectivity index (χ0) is 17.2. The molecule has 3 heterocycles. The summed E-state index contributed by atoms with van der Waals surface area (Å²) in [5, 5.41) is 17.4. The summed E-state index contributed by atoms with van der Waals surface area (Å²) in [6.07, 6.45) is 3.77. The lowest BCUT2D eigenvalue weighted by Gasteiger charge is -2.21. The minimum absolute atomic E-state index is 0.0889. The van der Waals surface area contributed by atoms with Crippen LogP contribution in [0.25, 0.3) is 17.1 Å². The molecule has 0 amide bonds. The van der Waals surface area contributed by atoms with Crippen molar-refractivity contribution in [3.8, 4) is 22.8 Å². The third-order valence-corrected chi connectivity index (χ3v) is 4.44. The lowest BCUT2D eigenvalue weighted by Crippen LogP contribution is -2.22. The number of nitrogens with zero attached hydrogens (tertiary/aromatic N) is 3. The second-order valence-electron chi connectivity index (χ2n) is 6.07. The third-order valence-electron chi connectivity index (χ3n) is 4.44. The van der Waals surface area contributed by atoms with Crippen LogP contribution in [0, 0.1) is 5.92 Å². The van der Waals surface area contributed by atoms with E-state index in [2.05, 4.69) is 15.4 Å². The number of fused-ring (bicyclic) bond motifs is 1. The second kappa shape index (κ2) is 6.64. The normalized spacial score (nSPS) is 15.6. The number of methoxy groups -OCH3 is 1. The van der Waals surface area contributed by atoms with Gasteiger partial charge < -0.3 is 24.3 Å². The van der Waals surface area contributed by atoms with Crippen molar-refractivity contribution in [2.45, 2.75) is 12.8 Å². The Labute approximate surface area is 144 Å². The van der Waals surface area contributed by atoms with E-state index in [0.717, 1.165) is 43.9 Å². The molecular formula is C17H20N4O4. The summed E-state index contributed by atoms with van der Waals surface area (Å²) in [4.78, 5) is 4.26. The van der Waals surface area contributed by atoms with Gasteiger partial charge in [-0.05, 0) is 37.0 Å². The van der Waals surface area contributed by atoms with E-state index >= 15 is 0 Å². The molecule has 2 aromatic heterocycles. The topological polar surface area (TPSA) is 94.1 Å². The summed E-state index contributed by atoms with van der Waals surface area (Å²) >= 11 is 0. The number of phenolic OH excluding ortho intramolecular Hbond substituents is 1. The number of hydrogen-bond acceptors (Lipinski definition) is 7. The number of ether oxygens (including phenoxy) is 2. The quantitative estimate of drug-likeness (QED) is 0.734. The van der Waals surface area contributed by atoms with Crippen LogP contribution in [0.3, 0.4) is 0 Å². The molecule has 2 N–H and O–H groups in total. The molecule has 1 aliphatic rings. The van der Waals surface area contributed by atoms with E-state index in [1.54, 1.807) is 28.9 Å². The fourth-order valence-corrected chi connectivity index (χ4v) is 2.98. The van der Waals surface area contributed by atoms with E-state index in [0.29, 0.717) is 23.5 Å². The van der Waals surface area contributed by atoms with Gasteiger partial charge in [0.1, 0.15) is 0 Å². The SMILES string of the molecule is COc1cc(-c2cnc3oc(NCC4CCOCC4)nn23)ccc1O. The highest BCUT2D eigenvalue weighted by Crippen LogP contribution is 2.32. The molecule has 0 aliphatic carbocycles. The van der Waals surface area contributed by atoms with E-state index in [9.17, 15) is 5.11 Å². The van der Waals surface area contributed by atoms with Crippen molar-refractivity contribution in [2.24, 2.45) is 5.92 Å². The molecule has 1 aliphatic heterocycles. The number of hydrogen-bond donors (Lipinski definition) is 2. The van der Waals surface area contributed by atoms with Crippen LogP contribution in [0.4, 0.5) is 6.01 Å². The maximum absolute atomic E-state index is 9.74. The number of nitrogens with one attached hydrogen (secondary N) is 1. The Hall–Kier alpha value is -2.74. The van der Waals surface area contributed by atoms with Crippen molar-refractivity contribution >= 4 is 11.9 Å². The number of rotatable bonds is 5. The molecule has 0 unspecified atom stereocenters. The number of imidazole rings is 1. The highest BCUT2D eigenvalue weighted by atomic mass is 16.5. The van der Waals surface area contributed by atoms with Crippen LogP contribution >= 0.6 is 0 Å². The first kappa shape index (κ1) is 15.8. The number of aromatic hydroxyl groups is 1. The second-order valence-corrected chi connectivity index (χ2v) is 6.07. The van der Waals surface area contributed by atoms with Crippen molar-refractivity contribution in [2.75, 3.05) is 32.2 Å². The van der Waals surface area contributed by atoms with Gasteiger partial charge in [-0.3, -0.25) is 0 Å². The van der Waals surface area contributed by atoms with Gasteiger partial charge in [0.2, 0.25) is 0 Å². The molecule has 8 nitrogen and oxygen atoms in total. The van der Waals surface area contributed by atoms with Gasteiger partial charge in [0.05, 0.1) is 19.0 Å². The van der Waals surface area contributed by atoms with E-state index < -0.39 is 0 Å². The Morgan fingerprint density at radius 1 is 1.36 bits per heavy atom. The van der Waals surface area contributed by atoms with E-state index in [4.69, 9.17) is 13.9 Å². The molecular weight excluding hydrogens is 324 g/mol. The van der Waals surface area contributed by atoms with E-state index in [1.807, 2.05) is 0 Å². The standard InChI is InChI=1S/C17H20N4O4/c1-23-15-8-12(2-3-14(15)22)13-10-19-17-21(13)20-16(25-17)18-9-11-4-6-24-7-5-11/h2-3,8,10-11,22H,4-7,9H2,1H3,(H,18,20). The number of anilines is 1. The fraction of sp³-hybridized carbons (Fsp3) is 0.412. The summed E-state index contributed by atoms with van der Waals surface area (Å²) in [5.41, 5.74) is 1.59. The first-order valence-corrected chi connectivity index (χ1v) is 8.28. The fourth-order valence-electron chi connectivity index (χ4n) is 2.98. The zero-order valence-electron chi connectivity index (χ0n) is 13.9. The van der Waals surface area contributed by atoms with Crippen molar-refractivity contribution < 1.29 is 19.0 Å². The number of phenols is 1. The average Bonchev–Trinajstić information content (AvgIpc) is 3.22. The van der Waals surface area contributed by atoms with Crippen LogP contribution in [0.5, 0.6) is 11.5 Å². The van der Waals surface area contributed by atoms with Gasteiger partial charge in [-0.1, -0.05) is 0 Å². The summed E-state index contributed by atoms with van der Waals surface area (Å²) in [5.74, 6) is 1.46. The van der Waals surface area contributed by atoms with Crippen molar-refractivity contribution in [3.05, 3.63) is 24.4 Å². The number of benzene rings is 1. The predicted octanol–water partition coefficient (Wildman–Crippen LogP) is 2.54. The molecule has 25 heavy (non-hydrogen) atoms. The third kappa shape index (κ3) is 3.12.